The van der Waals surface area contributed by atoms with E-state index in [1.54, 1.807) is 37.3 Å². The summed E-state index contributed by atoms with van der Waals surface area (Å²) in [5, 5.41) is 3.33. The van der Waals surface area contributed by atoms with Gasteiger partial charge in [0.2, 0.25) is 0 Å². The monoisotopic (exact) mass is 589 g/mol. The molecule has 212 valence electrons. The molecular weight excluding hydrogens is 558 g/mol. The van der Waals surface area contributed by atoms with Gasteiger partial charge in [-0.15, -0.1) is 11.3 Å². The minimum absolute atomic E-state index is 0.127. The Balaban J connectivity index is 1.36. The number of amides is 1. The van der Waals surface area contributed by atoms with Crippen LogP contribution >= 0.6 is 11.3 Å². The number of hydrogen-bond acceptors (Lipinski definition) is 7. The molecule has 10 heteroatoms. The lowest BCUT2D eigenvalue weighted by Crippen LogP contribution is -2.29. The van der Waals surface area contributed by atoms with Crippen molar-refractivity contribution in [1.29, 1.82) is 0 Å². The molecule has 2 heterocycles. The summed E-state index contributed by atoms with van der Waals surface area (Å²) >= 11 is 1.38. The third-order valence-corrected chi connectivity index (χ3v) is 9.33. The average Bonchev–Trinajstić information content (AvgIpc) is 3.31. The predicted octanol–water partition coefficient (Wildman–Crippen LogP) is 5.84. The molecule has 2 N–H and O–H groups in total. The van der Waals surface area contributed by atoms with Crippen molar-refractivity contribution < 1.29 is 22.7 Å². The molecule has 8 nitrogen and oxygen atoms in total. The fourth-order valence-electron chi connectivity index (χ4n) is 4.77. The second kappa shape index (κ2) is 12.3. The van der Waals surface area contributed by atoms with Crippen LogP contribution in [0.2, 0.25) is 0 Å². The van der Waals surface area contributed by atoms with E-state index in [-0.39, 0.29) is 22.8 Å². The highest BCUT2D eigenvalue weighted by molar-refractivity contribution is 7.92. The van der Waals surface area contributed by atoms with Crippen molar-refractivity contribution in [2.45, 2.75) is 38.3 Å². The number of anilines is 2. The molecule has 41 heavy (non-hydrogen) atoms. The maximum Gasteiger partial charge on any atom is 0.341 e. The van der Waals surface area contributed by atoms with Crippen LogP contribution in [0.15, 0.2) is 83.8 Å². The van der Waals surface area contributed by atoms with E-state index >= 15 is 0 Å². The number of nitrogens with zero attached hydrogens (tertiary/aromatic N) is 1. The fourth-order valence-corrected chi connectivity index (χ4v) is 7.09. The zero-order valence-electron chi connectivity index (χ0n) is 22.8. The largest absolute Gasteiger partial charge is 0.462 e. The zero-order valence-corrected chi connectivity index (χ0v) is 24.5. The standard InChI is InChI=1S/C31H31N3O5S2/c1-3-39-31(36)28-26-16-17-34(19-22-8-5-4-6-9-22)20-27(26)40-30(28)32-29(35)23-10-7-11-24(18-23)33-41(37,38)25-14-12-21(2)13-15-25/h4-15,18,33H,3,16-17,19-20H2,1-2H3,(H,32,35). The van der Waals surface area contributed by atoms with E-state index in [2.05, 4.69) is 27.1 Å². The first-order valence-electron chi connectivity index (χ1n) is 13.3. The summed E-state index contributed by atoms with van der Waals surface area (Å²) in [5.41, 5.74) is 3.98. The number of fused-ring (bicyclic) bond motifs is 1. The number of hydrogen-bond donors (Lipinski definition) is 2. The molecule has 1 aliphatic heterocycles. The average molecular weight is 590 g/mol. The van der Waals surface area contributed by atoms with Crippen molar-refractivity contribution in [3.05, 3.63) is 112 Å². The number of thiophene rings is 1. The Kier molecular flexibility index (Phi) is 8.53. The maximum atomic E-state index is 13.3. The van der Waals surface area contributed by atoms with Crippen molar-refractivity contribution in [2.75, 3.05) is 23.2 Å². The van der Waals surface area contributed by atoms with Crippen LogP contribution in [0.1, 0.15) is 49.2 Å². The maximum absolute atomic E-state index is 13.3. The van der Waals surface area contributed by atoms with Crippen molar-refractivity contribution >= 4 is 43.9 Å². The Morgan fingerprint density at radius 1 is 1.00 bits per heavy atom. The van der Waals surface area contributed by atoms with Gasteiger partial charge in [-0.25, -0.2) is 13.2 Å². The molecule has 1 aliphatic rings. The first-order chi connectivity index (χ1) is 19.7. The number of sulfonamides is 1. The van der Waals surface area contributed by atoms with Crippen LogP contribution in [-0.2, 0) is 34.3 Å². The summed E-state index contributed by atoms with van der Waals surface area (Å²) in [6.07, 6.45) is 0.666. The van der Waals surface area contributed by atoms with Crippen molar-refractivity contribution in [2.24, 2.45) is 0 Å². The third kappa shape index (κ3) is 6.67. The molecular formula is C31H31N3O5S2. The lowest BCUT2D eigenvalue weighted by atomic mass is 10.0. The highest BCUT2D eigenvalue weighted by atomic mass is 32.2. The predicted molar refractivity (Wildman–Crippen MR) is 161 cm³/mol. The van der Waals surface area contributed by atoms with E-state index < -0.39 is 21.9 Å². The molecule has 1 aromatic heterocycles. The summed E-state index contributed by atoms with van der Waals surface area (Å²) in [5.74, 6) is -0.914. The van der Waals surface area contributed by atoms with E-state index in [0.717, 1.165) is 29.1 Å². The summed E-state index contributed by atoms with van der Waals surface area (Å²) in [7, 11) is -3.83. The van der Waals surface area contributed by atoms with Gasteiger partial charge < -0.3 is 10.1 Å². The molecule has 0 unspecified atom stereocenters. The number of esters is 1. The van der Waals surface area contributed by atoms with Crippen molar-refractivity contribution in [3.8, 4) is 0 Å². The van der Waals surface area contributed by atoms with Crippen LogP contribution in [0.4, 0.5) is 10.7 Å². The Morgan fingerprint density at radius 3 is 2.49 bits per heavy atom. The Hall–Kier alpha value is -3.99. The molecule has 4 aromatic rings. The second-order valence-corrected chi connectivity index (χ2v) is 12.6. The van der Waals surface area contributed by atoms with Crippen LogP contribution in [-0.4, -0.2) is 38.3 Å². The van der Waals surface area contributed by atoms with Crippen LogP contribution in [0.3, 0.4) is 0 Å². The highest BCUT2D eigenvalue weighted by Gasteiger charge is 2.30. The normalized spacial score (nSPS) is 13.3. The molecule has 0 saturated carbocycles. The number of ether oxygens (including phenoxy) is 1. The molecule has 0 bridgehead atoms. The SMILES string of the molecule is CCOC(=O)c1c(NC(=O)c2cccc(NS(=O)(=O)c3ccc(C)cc3)c2)sc2c1CCN(Cc1ccccc1)C2. The smallest absolute Gasteiger partial charge is 0.341 e. The summed E-state index contributed by atoms with van der Waals surface area (Å²) in [6, 6.07) is 23.0. The minimum Gasteiger partial charge on any atom is -0.462 e. The minimum atomic E-state index is -3.83. The Bertz CT molecular complexity index is 1670. The van der Waals surface area contributed by atoms with E-state index in [9.17, 15) is 18.0 Å². The quantitative estimate of drug-likeness (QED) is 0.238. The number of carbonyl (C=O) groups is 2. The summed E-state index contributed by atoms with van der Waals surface area (Å²) < 4.78 is 33.6. The topological polar surface area (TPSA) is 105 Å². The molecule has 3 aromatic carbocycles. The number of nitrogens with one attached hydrogen (secondary N) is 2. The van der Waals surface area contributed by atoms with Crippen molar-refractivity contribution in [1.82, 2.24) is 4.90 Å². The first-order valence-corrected chi connectivity index (χ1v) is 15.6. The summed E-state index contributed by atoms with van der Waals surface area (Å²) in [4.78, 5) is 29.8. The molecule has 0 fully saturated rings. The number of rotatable bonds is 9. The second-order valence-electron chi connectivity index (χ2n) is 9.83. The van der Waals surface area contributed by atoms with Gasteiger partial charge in [-0.05, 0) is 61.7 Å². The number of benzene rings is 3. The molecule has 0 radical (unpaired) electrons. The molecule has 0 aliphatic carbocycles. The Labute approximate surface area is 244 Å². The van der Waals surface area contributed by atoms with Crippen LogP contribution in [0.25, 0.3) is 0 Å². The van der Waals surface area contributed by atoms with Gasteiger partial charge in [0.15, 0.2) is 0 Å². The lowest BCUT2D eigenvalue weighted by Gasteiger charge is -2.27. The van der Waals surface area contributed by atoms with Gasteiger partial charge in [-0.2, -0.15) is 0 Å². The van der Waals surface area contributed by atoms with E-state index in [4.69, 9.17) is 4.74 Å². The van der Waals surface area contributed by atoms with Gasteiger partial charge in [-0.1, -0.05) is 54.1 Å². The first kappa shape index (κ1) is 28.5. The van der Waals surface area contributed by atoms with E-state index in [1.807, 2.05) is 25.1 Å². The Morgan fingerprint density at radius 2 is 1.76 bits per heavy atom. The van der Waals surface area contributed by atoms with Crippen LogP contribution in [0, 0.1) is 6.92 Å². The molecule has 0 atom stereocenters. The molecule has 0 saturated heterocycles. The van der Waals surface area contributed by atoms with Crippen LogP contribution in [0.5, 0.6) is 0 Å². The highest BCUT2D eigenvalue weighted by Crippen LogP contribution is 2.38. The van der Waals surface area contributed by atoms with Gasteiger partial charge in [0.25, 0.3) is 15.9 Å². The number of carbonyl (C=O) groups excluding carboxylic acids is 2. The fraction of sp³-hybridized carbons (Fsp3) is 0.226. The van der Waals surface area contributed by atoms with Gasteiger partial charge in [0.05, 0.1) is 17.1 Å². The van der Waals surface area contributed by atoms with Gasteiger partial charge in [0.1, 0.15) is 5.00 Å². The lowest BCUT2D eigenvalue weighted by molar-refractivity contribution is 0.0526. The third-order valence-electron chi connectivity index (χ3n) is 6.80. The van der Waals surface area contributed by atoms with Gasteiger partial charge >= 0.3 is 5.97 Å². The van der Waals surface area contributed by atoms with E-state index in [0.29, 0.717) is 23.5 Å². The van der Waals surface area contributed by atoms with Crippen LogP contribution < -0.4 is 10.0 Å². The zero-order chi connectivity index (χ0) is 29.0. The van der Waals surface area contributed by atoms with Gasteiger partial charge in [0, 0.05) is 35.8 Å². The molecule has 0 spiro atoms. The van der Waals surface area contributed by atoms with Gasteiger partial charge in [-0.3, -0.25) is 14.4 Å². The number of aryl methyl sites for hydroxylation is 1. The molecule has 1 amide bonds. The molecule has 5 rings (SSSR count). The van der Waals surface area contributed by atoms with E-state index in [1.165, 1.54) is 35.1 Å². The summed E-state index contributed by atoms with van der Waals surface area (Å²) in [6.45, 7) is 6.08. The van der Waals surface area contributed by atoms with Crippen molar-refractivity contribution in [3.63, 3.8) is 0 Å².